The summed E-state index contributed by atoms with van der Waals surface area (Å²) in [5.74, 6) is 0.878. The van der Waals surface area contributed by atoms with Gasteiger partial charge in [-0.05, 0) is 56.4 Å². The lowest BCUT2D eigenvalue weighted by molar-refractivity contribution is 0.508. The lowest BCUT2D eigenvalue weighted by Crippen LogP contribution is -1.90. The molecule has 0 heterocycles. The topological polar surface area (TPSA) is 26.0 Å². The van der Waals surface area contributed by atoms with E-state index in [1.165, 1.54) is 36.8 Å². The second kappa shape index (κ2) is 7.66. The Bertz CT molecular complexity index is 201. The summed E-state index contributed by atoms with van der Waals surface area (Å²) in [7, 11) is 0. The number of hydrogen-bond donors (Lipinski definition) is 1. The molecule has 0 saturated carbocycles. The minimum Gasteiger partial charge on any atom is -0.405 e. The minimum atomic E-state index is 0.878. The standard InChI is InChI=1S/C11H19N.C2H6/c1-9-3-5-10(2)11(6-4-9)7-8-12;1-2/h7-9H,3-6,12H2,1-2H3;1-2H3/b8-7-;. The van der Waals surface area contributed by atoms with Crippen LogP contribution in [-0.2, 0) is 0 Å². The SMILES string of the molecule is CC.CC1=C(/C=C\N)CCC(C)CC1. The molecule has 0 spiro atoms. The van der Waals surface area contributed by atoms with Crippen LogP contribution in [0.3, 0.4) is 0 Å². The first-order valence-corrected chi connectivity index (χ1v) is 5.81. The van der Waals surface area contributed by atoms with E-state index in [2.05, 4.69) is 19.9 Å². The van der Waals surface area contributed by atoms with Gasteiger partial charge in [-0.3, -0.25) is 0 Å². The lowest BCUT2D eigenvalue weighted by Gasteiger charge is -2.04. The number of rotatable bonds is 1. The fraction of sp³-hybridized carbons (Fsp3) is 0.692. The van der Waals surface area contributed by atoms with Crippen molar-refractivity contribution in [2.24, 2.45) is 11.7 Å². The molecular weight excluding hydrogens is 170 g/mol. The summed E-state index contributed by atoms with van der Waals surface area (Å²) in [6, 6.07) is 0. The van der Waals surface area contributed by atoms with E-state index in [9.17, 15) is 0 Å². The Labute approximate surface area is 89.1 Å². The van der Waals surface area contributed by atoms with Crippen LogP contribution in [0.15, 0.2) is 23.4 Å². The van der Waals surface area contributed by atoms with Gasteiger partial charge in [-0.25, -0.2) is 0 Å². The molecule has 0 fully saturated rings. The average Bonchev–Trinajstić information content (AvgIpc) is 2.37. The highest BCUT2D eigenvalue weighted by Crippen LogP contribution is 2.27. The van der Waals surface area contributed by atoms with Crippen molar-refractivity contribution in [3.8, 4) is 0 Å². The Balaban J connectivity index is 0.000000791. The van der Waals surface area contributed by atoms with Gasteiger partial charge in [0, 0.05) is 0 Å². The summed E-state index contributed by atoms with van der Waals surface area (Å²) < 4.78 is 0. The molecule has 1 nitrogen and oxygen atoms in total. The predicted molar refractivity (Wildman–Crippen MR) is 65.0 cm³/mol. The molecule has 1 aliphatic rings. The molecule has 1 rings (SSSR count). The minimum absolute atomic E-state index is 0.878. The molecular formula is C13H25N. The molecule has 1 heteroatoms. The molecule has 1 atom stereocenters. The summed E-state index contributed by atoms with van der Waals surface area (Å²) >= 11 is 0. The van der Waals surface area contributed by atoms with Crippen LogP contribution in [0.5, 0.6) is 0 Å². The largest absolute Gasteiger partial charge is 0.405 e. The predicted octanol–water partition coefficient (Wildman–Crippen LogP) is 4.01. The van der Waals surface area contributed by atoms with Gasteiger partial charge in [0.05, 0.1) is 0 Å². The third kappa shape index (κ3) is 4.50. The fourth-order valence-electron chi connectivity index (χ4n) is 1.72. The lowest BCUT2D eigenvalue weighted by atomic mass is 10.0. The Morgan fingerprint density at radius 2 is 1.79 bits per heavy atom. The van der Waals surface area contributed by atoms with Gasteiger partial charge in [0.15, 0.2) is 0 Å². The Morgan fingerprint density at radius 1 is 1.21 bits per heavy atom. The summed E-state index contributed by atoms with van der Waals surface area (Å²) in [4.78, 5) is 0. The normalized spacial score (nSPS) is 23.0. The summed E-state index contributed by atoms with van der Waals surface area (Å²) in [5.41, 5.74) is 8.38. The van der Waals surface area contributed by atoms with Crippen LogP contribution >= 0.6 is 0 Å². The first-order valence-electron chi connectivity index (χ1n) is 5.81. The third-order valence-corrected chi connectivity index (χ3v) is 2.76. The second-order valence-electron chi connectivity index (χ2n) is 3.85. The zero-order valence-corrected chi connectivity index (χ0v) is 10.1. The van der Waals surface area contributed by atoms with Crippen LogP contribution in [0.4, 0.5) is 0 Å². The van der Waals surface area contributed by atoms with E-state index in [-0.39, 0.29) is 0 Å². The maximum absolute atomic E-state index is 5.39. The van der Waals surface area contributed by atoms with Crippen LogP contribution < -0.4 is 5.73 Å². The first kappa shape index (κ1) is 13.3. The van der Waals surface area contributed by atoms with Crippen LogP contribution in [0.25, 0.3) is 0 Å². The first-order chi connectivity index (χ1) is 6.74. The van der Waals surface area contributed by atoms with Gasteiger partial charge in [-0.15, -0.1) is 0 Å². The molecule has 82 valence electrons. The van der Waals surface area contributed by atoms with E-state index >= 15 is 0 Å². The van der Waals surface area contributed by atoms with E-state index in [0.717, 1.165) is 5.92 Å². The highest BCUT2D eigenvalue weighted by molar-refractivity contribution is 5.25. The molecule has 0 aliphatic heterocycles. The maximum atomic E-state index is 5.39. The van der Waals surface area contributed by atoms with Crippen LogP contribution in [0.1, 0.15) is 53.4 Å². The Morgan fingerprint density at radius 3 is 2.36 bits per heavy atom. The van der Waals surface area contributed by atoms with Crippen LogP contribution in [0, 0.1) is 5.92 Å². The molecule has 0 saturated heterocycles. The van der Waals surface area contributed by atoms with Crippen molar-refractivity contribution in [1.29, 1.82) is 0 Å². The number of hydrogen-bond acceptors (Lipinski definition) is 1. The molecule has 0 aromatic carbocycles. The zero-order valence-electron chi connectivity index (χ0n) is 10.1. The Hall–Kier alpha value is -0.720. The molecule has 0 aromatic heterocycles. The second-order valence-corrected chi connectivity index (χ2v) is 3.85. The van der Waals surface area contributed by atoms with E-state index in [0.29, 0.717) is 0 Å². The average molecular weight is 195 g/mol. The van der Waals surface area contributed by atoms with Crippen molar-refractivity contribution in [3.63, 3.8) is 0 Å². The quantitative estimate of drug-likeness (QED) is 0.672. The molecule has 1 aliphatic carbocycles. The van der Waals surface area contributed by atoms with Crippen molar-refractivity contribution >= 4 is 0 Å². The highest BCUT2D eigenvalue weighted by Gasteiger charge is 2.10. The summed E-state index contributed by atoms with van der Waals surface area (Å²) in [6.07, 6.45) is 8.84. The van der Waals surface area contributed by atoms with Gasteiger partial charge in [0.2, 0.25) is 0 Å². The molecule has 2 N–H and O–H groups in total. The van der Waals surface area contributed by atoms with Crippen molar-refractivity contribution in [1.82, 2.24) is 0 Å². The van der Waals surface area contributed by atoms with Gasteiger partial charge in [0.1, 0.15) is 0 Å². The monoisotopic (exact) mass is 195 g/mol. The van der Waals surface area contributed by atoms with Crippen molar-refractivity contribution < 1.29 is 0 Å². The van der Waals surface area contributed by atoms with Gasteiger partial charge in [-0.1, -0.05) is 26.3 Å². The van der Waals surface area contributed by atoms with E-state index < -0.39 is 0 Å². The van der Waals surface area contributed by atoms with Gasteiger partial charge in [-0.2, -0.15) is 0 Å². The Kier molecular flexibility index (Phi) is 7.27. The summed E-state index contributed by atoms with van der Waals surface area (Å²) in [5, 5.41) is 0. The zero-order chi connectivity index (χ0) is 11.0. The fourth-order valence-corrected chi connectivity index (χ4v) is 1.72. The molecule has 0 bridgehead atoms. The number of nitrogens with two attached hydrogens (primary N) is 1. The van der Waals surface area contributed by atoms with Crippen molar-refractivity contribution in [3.05, 3.63) is 23.4 Å². The molecule has 14 heavy (non-hydrogen) atoms. The van der Waals surface area contributed by atoms with Crippen molar-refractivity contribution in [2.45, 2.75) is 53.4 Å². The van der Waals surface area contributed by atoms with Crippen LogP contribution in [-0.4, -0.2) is 0 Å². The highest BCUT2D eigenvalue weighted by atomic mass is 14.5. The number of allylic oxidation sites excluding steroid dienone is 3. The third-order valence-electron chi connectivity index (χ3n) is 2.76. The van der Waals surface area contributed by atoms with Gasteiger partial charge in [0.25, 0.3) is 0 Å². The van der Waals surface area contributed by atoms with Crippen molar-refractivity contribution in [2.75, 3.05) is 0 Å². The van der Waals surface area contributed by atoms with Crippen LogP contribution in [0.2, 0.25) is 0 Å². The molecule has 0 aromatic rings. The van der Waals surface area contributed by atoms with E-state index in [1.54, 1.807) is 6.20 Å². The van der Waals surface area contributed by atoms with Gasteiger partial charge >= 0.3 is 0 Å². The maximum Gasteiger partial charge on any atom is -0.00596 e. The van der Waals surface area contributed by atoms with E-state index in [4.69, 9.17) is 5.73 Å². The summed E-state index contributed by atoms with van der Waals surface area (Å²) in [6.45, 7) is 8.57. The smallest absolute Gasteiger partial charge is 0.00596 e. The molecule has 0 radical (unpaired) electrons. The van der Waals surface area contributed by atoms with E-state index in [1.807, 2.05) is 13.8 Å². The molecule has 0 amide bonds. The molecule has 1 unspecified atom stereocenters. The van der Waals surface area contributed by atoms with Gasteiger partial charge < -0.3 is 5.73 Å².